The maximum absolute atomic E-state index is 4.64. The Kier molecular flexibility index (Phi) is 3.23. The molecule has 3 aromatic rings. The lowest BCUT2D eigenvalue weighted by atomic mass is 10.2. The number of aromatic amines is 1. The van der Waals surface area contributed by atoms with Crippen molar-refractivity contribution in [2.24, 2.45) is 0 Å². The van der Waals surface area contributed by atoms with E-state index in [0.717, 1.165) is 31.6 Å². The van der Waals surface area contributed by atoms with E-state index in [1.165, 1.54) is 18.4 Å². The fourth-order valence-corrected chi connectivity index (χ4v) is 3.60. The molecule has 0 aliphatic heterocycles. The van der Waals surface area contributed by atoms with Crippen LogP contribution in [-0.4, -0.2) is 19.9 Å². The summed E-state index contributed by atoms with van der Waals surface area (Å²) < 4.78 is 0.842. The largest absolute Gasteiger partial charge is 0.333 e. The van der Waals surface area contributed by atoms with Crippen LogP contribution >= 0.6 is 27.7 Å². The minimum atomic E-state index is 0.542. The van der Waals surface area contributed by atoms with Crippen molar-refractivity contribution in [3.8, 4) is 0 Å². The summed E-state index contributed by atoms with van der Waals surface area (Å²) in [5.74, 6) is 1.49. The minimum absolute atomic E-state index is 0.542. The number of rotatable bonds is 3. The second-order valence-electron chi connectivity index (χ2n) is 5.33. The fraction of sp³-hybridized carbons (Fsp3) is 0.267. The number of aryl methyl sites for hydroxylation is 1. The number of nitrogens with zero attached hydrogens (tertiary/aromatic N) is 3. The van der Waals surface area contributed by atoms with Crippen molar-refractivity contribution < 1.29 is 0 Å². The minimum Gasteiger partial charge on any atom is -0.333 e. The third-order valence-corrected chi connectivity index (χ3v) is 4.66. The Morgan fingerprint density at radius 3 is 2.86 bits per heavy atom. The summed E-state index contributed by atoms with van der Waals surface area (Å²) in [6.07, 6.45) is 2.40. The summed E-state index contributed by atoms with van der Waals surface area (Å²) in [7, 11) is 0. The van der Waals surface area contributed by atoms with Gasteiger partial charge in [0.15, 0.2) is 5.16 Å². The fourth-order valence-electron chi connectivity index (χ4n) is 2.24. The lowest BCUT2D eigenvalue weighted by molar-refractivity contribution is 0.864. The van der Waals surface area contributed by atoms with Gasteiger partial charge in [-0.05, 0) is 65.2 Å². The first kappa shape index (κ1) is 13.3. The van der Waals surface area contributed by atoms with Crippen LogP contribution in [0.4, 0.5) is 0 Å². The highest BCUT2D eigenvalue weighted by atomic mass is 79.9. The Morgan fingerprint density at radius 2 is 2.05 bits per heavy atom. The first-order valence-electron chi connectivity index (χ1n) is 6.86. The predicted molar refractivity (Wildman–Crippen MR) is 86.7 cm³/mol. The summed E-state index contributed by atoms with van der Waals surface area (Å²) in [6.45, 7) is 2.08. The third kappa shape index (κ3) is 2.82. The normalized spacial score (nSPS) is 14.8. The highest BCUT2D eigenvalue weighted by molar-refractivity contribution is 9.10. The summed E-state index contributed by atoms with van der Waals surface area (Å²) in [4.78, 5) is 17.0. The predicted octanol–water partition coefficient (Wildman–Crippen LogP) is 4.45. The zero-order valence-corrected chi connectivity index (χ0v) is 13.8. The maximum Gasteiger partial charge on any atom is 0.172 e. The van der Waals surface area contributed by atoms with Gasteiger partial charge in [-0.15, -0.1) is 0 Å². The molecule has 1 N–H and O–H groups in total. The molecule has 106 valence electrons. The first-order valence-corrected chi connectivity index (χ1v) is 8.47. The quantitative estimate of drug-likeness (QED) is 0.700. The number of halogens is 1. The molecule has 0 unspecified atom stereocenters. The van der Waals surface area contributed by atoms with Crippen molar-refractivity contribution in [2.45, 2.75) is 35.9 Å². The Bertz CT molecular complexity index is 826. The van der Waals surface area contributed by atoms with Gasteiger partial charge >= 0.3 is 0 Å². The van der Waals surface area contributed by atoms with Crippen LogP contribution in [0.15, 0.2) is 39.1 Å². The number of hydrogen-bond donors (Lipinski definition) is 1. The van der Waals surface area contributed by atoms with Crippen molar-refractivity contribution in [3.05, 3.63) is 40.3 Å². The van der Waals surface area contributed by atoms with Crippen molar-refractivity contribution in [1.29, 1.82) is 0 Å². The molecule has 0 bridgehead atoms. The van der Waals surface area contributed by atoms with Gasteiger partial charge in [0.05, 0.1) is 11.0 Å². The molecule has 0 spiro atoms. The molecule has 4 rings (SSSR count). The molecule has 0 saturated heterocycles. The van der Waals surface area contributed by atoms with Crippen LogP contribution in [-0.2, 0) is 0 Å². The van der Waals surface area contributed by atoms with E-state index >= 15 is 0 Å². The zero-order chi connectivity index (χ0) is 14.4. The molecule has 6 heteroatoms. The van der Waals surface area contributed by atoms with E-state index in [4.69, 9.17) is 0 Å². The van der Waals surface area contributed by atoms with Gasteiger partial charge in [-0.2, -0.15) is 0 Å². The number of H-pyrrole nitrogens is 1. The van der Waals surface area contributed by atoms with E-state index < -0.39 is 0 Å². The molecule has 2 heterocycles. The molecule has 21 heavy (non-hydrogen) atoms. The van der Waals surface area contributed by atoms with E-state index in [-0.39, 0.29) is 0 Å². The number of fused-ring (bicyclic) bond motifs is 1. The average Bonchev–Trinajstić information content (AvgIpc) is 3.20. The van der Waals surface area contributed by atoms with Crippen LogP contribution in [0.1, 0.15) is 30.1 Å². The van der Waals surface area contributed by atoms with Crippen LogP contribution in [0, 0.1) is 6.92 Å². The van der Waals surface area contributed by atoms with Crippen LogP contribution in [0.3, 0.4) is 0 Å². The number of aromatic nitrogens is 4. The Labute approximate surface area is 134 Å². The van der Waals surface area contributed by atoms with Gasteiger partial charge < -0.3 is 4.98 Å². The summed E-state index contributed by atoms with van der Waals surface area (Å²) >= 11 is 5.02. The number of nitrogens with one attached hydrogen (secondary N) is 1. The van der Waals surface area contributed by atoms with E-state index in [1.54, 1.807) is 11.8 Å². The molecule has 4 nitrogen and oxygen atoms in total. The van der Waals surface area contributed by atoms with Gasteiger partial charge in [0.2, 0.25) is 0 Å². The monoisotopic (exact) mass is 360 g/mol. The molecule has 0 atom stereocenters. The molecule has 1 aliphatic carbocycles. The van der Waals surface area contributed by atoms with Crippen LogP contribution in [0.2, 0.25) is 0 Å². The number of hydrogen-bond acceptors (Lipinski definition) is 4. The molecule has 1 aliphatic rings. The van der Waals surface area contributed by atoms with Gasteiger partial charge in [-0.1, -0.05) is 6.07 Å². The second-order valence-corrected chi connectivity index (χ2v) is 7.15. The number of imidazole rings is 1. The molecule has 2 aromatic heterocycles. The smallest absolute Gasteiger partial charge is 0.172 e. The highest BCUT2D eigenvalue weighted by Crippen LogP contribution is 2.39. The first-order chi connectivity index (χ1) is 10.2. The number of benzene rings is 1. The van der Waals surface area contributed by atoms with Gasteiger partial charge in [-0.3, -0.25) is 0 Å². The van der Waals surface area contributed by atoms with E-state index in [9.17, 15) is 0 Å². The molecule has 1 fully saturated rings. The molecular formula is C15H13BrN4S. The average molecular weight is 361 g/mol. The SMILES string of the molecule is Cc1ccc2nc(Sc3cc(Br)nc(C4CC4)n3)[nH]c2c1. The van der Waals surface area contributed by atoms with Crippen molar-refractivity contribution in [2.75, 3.05) is 0 Å². The van der Waals surface area contributed by atoms with Crippen molar-refractivity contribution in [3.63, 3.8) is 0 Å². The van der Waals surface area contributed by atoms with Gasteiger partial charge in [0.1, 0.15) is 15.5 Å². The van der Waals surface area contributed by atoms with Gasteiger partial charge in [-0.25, -0.2) is 15.0 Å². The lowest BCUT2D eigenvalue weighted by Crippen LogP contribution is -1.94. The summed E-state index contributed by atoms with van der Waals surface area (Å²) in [5.41, 5.74) is 3.27. The van der Waals surface area contributed by atoms with Crippen LogP contribution in [0.5, 0.6) is 0 Å². The maximum atomic E-state index is 4.64. The zero-order valence-electron chi connectivity index (χ0n) is 11.4. The Balaban J connectivity index is 1.67. The Hall–Kier alpha value is -1.40. The van der Waals surface area contributed by atoms with E-state index in [1.807, 2.05) is 12.1 Å². The van der Waals surface area contributed by atoms with Gasteiger partial charge in [0.25, 0.3) is 0 Å². The standard InChI is InChI=1S/C15H13BrN4S/c1-8-2-5-10-11(6-8)18-15(17-10)21-13-7-12(16)19-14(20-13)9-3-4-9/h2,5-7,9H,3-4H2,1H3,(H,17,18). The highest BCUT2D eigenvalue weighted by Gasteiger charge is 2.27. The molecule has 0 amide bonds. The van der Waals surface area contributed by atoms with Crippen LogP contribution < -0.4 is 0 Å². The lowest BCUT2D eigenvalue weighted by Gasteiger charge is -2.02. The summed E-state index contributed by atoms with van der Waals surface area (Å²) in [6, 6.07) is 8.16. The summed E-state index contributed by atoms with van der Waals surface area (Å²) in [5, 5.41) is 1.79. The second kappa shape index (κ2) is 5.10. The topological polar surface area (TPSA) is 54.5 Å². The molecule has 1 aromatic carbocycles. The Morgan fingerprint density at radius 1 is 1.19 bits per heavy atom. The van der Waals surface area contributed by atoms with E-state index in [0.29, 0.717) is 5.92 Å². The van der Waals surface area contributed by atoms with Crippen molar-refractivity contribution >= 4 is 38.7 Å². The third-order valence-electron chi connectivity index (χ3n) is 3.45. The molecule has 1 saturated carbocycles. The molecular weight excluding hydrogens is 348 g/mol. The van der Waals surface area contributed by atoms with Crippen LogP contribution in [0.25, 0.3) is 11.0 Å². The van der Waals surface area contributed by atoms with E-state index in [2.05, 4.69) is 54.9 Å². The molecule has 0 radical (unpaired) electrons. The van der Waals surface area contributed by atoms with Gasteiger partial charge in [0, 0.05) is 12.0 Å². The van der Waals surface area contributed by atoms with Crippen molar-refractivity contribution in [1.82, 2.24) is 19.9 Å².